The Bertz CT molecular complexity index is 1210. The number of alkyl halides is 3. The van der Waals surface area contributed by atoms with Crippen molar-refractivity contribution >= 4 is 23.4 Å². The average molecular weight is 464 g/mol. The summed E-state index contributed by atoms with van der Waals surface area (Å²) in [6.07, 6.45) is 1.16. The third kappa shape index (κ3) is 4.60. The fraction of sp³-hybridized carbons (Fsp3) is 0.304. The van der Waals surface area contributed by atoms with E-state index in [9.17, 15) is 13.2 Å². The molecule has 9 heteroatoms. The van der Waals surface area contributed by atoms with E-state index in [-0.39, 0.29) is 18.2 Å². The van der Waals surface area contributed by atoms with Crippen LogP contribution in [-0.2, 0) is 0 Å². The molecule has 1 aliphatic carbocycles. The molecule has 0 spiro atoms. The van der Waals surface area contributed by atoms with Crippen LogP contribution in [0.15, 0.2) is 53.1 Å². The van der Waals surface area contributed by atoms with Crippen LogP contribution >= 0.6 is 12.4 Å². The number of rotatable bonds is 4. The van der Waals surface area contributed by atoms with Crippen LogP contribution in [0.25, 0.3) is 33.7 Å². The molecule has 0 amide bonds. The summed E-state index contributed by atoms with van der Waals surface area (Å²) in [5, 5.41) is 4.24. The molecule has 2 aromatic heterocycles. The molecule has 4 aromatic rings. The molecule has 32 heavy (non-hydrogen) atoms. The van der Waals surface area contributed by atoms with Crippen LogP contribution in [0.2, 0.25) is 0 Å². The second kappa shape index (κ2) is 8.86. The van der Waals surface area contributed by atoms with Crippen molar-refractivity contribution in [2.24, 2.45) is 0 Å². The lowest BCUT2D eigenvalue weighted by Crippen LogP contribution is -2.17. The molecule has 0 unspecified atom stereocenters. The van der Waals surface area contributed by atoms with Gasteiger partial charge in [-0.25, -0.2) is 4.98 Å². The van der Waals surface area contributed by atoms with E-state index >= 15 is 0 Å². The maximum Gasteiger partial charge on any atom is 0.573 e. The minimum absolute atomic E-state index is 0. The minimum atomic E-state index is -4.76. The molecule has 1 aliphatic rings. The van der Waals surface area contributed by atoms with E-state index in [1.807, 2.05) is 6.07 Å². The van der Waals surface area contributed by atoms with Crippen molar-refractivity contribution in [3.8, 4) is 28.5 Å². The number of imidazole rings is 1. The van der Waals surface area contributed by atoms with Gasteiger partial charge in [0.05, 0.1) is 16.7 Å². The van der Waals surface area contributed by atoms with Gasteiger partial charge < -0.3 is 14.2 Å². The second-order valence-electron chi connectivity index (χ2n) is 7.81. The Morgan fingerprint density at radius 3 is 2.56 bits per heavy atom. The van der Waals surface area contributed by atoms with E-state index in [1.54, 1.807) is 30.3 Å². The Balaban J connectivity index is 0.00000245. The van der Waals surface area contributed by atoms with Crippen molar-refractivity contribution in [1.82, 2.24) is 15.1 Å². The van der Waals surface area contributed by atoms with Gasteiger partial charge in [-0.15, -0.1) is 25.6 Å². The minimum Gasteiger partial charge on any atom is -0.405 e. The Morgan fingerprint density at radius 2 is 1.78 bits per heavy atom. The van der Waals surface area contributed by atoms with Crippen LogP contribution in [0.3, 0.4) is 0 Å². The number of nitrogens with one attached hydrogen (secondary N) is 1. The Morgan fingerprint density at radius 1 is 1.00 bits per heavy atom. The first-order chi connectivity index (χ1) is 15.0. The van der Waals surface area contributed by atoms with Crippen molar-refractivity contribution in [3.63, 3.8) is 0 Å². The van der Waals surface area contributed by atoms with Crippen molar-refractivity contribution < 1.29 is 22.4 Å². The monoisotopic (exact) mass is 463 g/mol. The normalized spacial score (nSPS) is 15.0. The zero-order chi connectivity index (χ0) is 21.4. The highest BCUT2D eigenvalue weighted by Crippen LogP contribution is 2.36. The van der Waals surface area contributed by atoms with Gasteiger partial charge in [0.2, 0.25) is 5.76 Å². The third-order valence-electron chi connectivity index (χ3n) is 5.69. The predicted octanol–water partition coefficient (Wildman–Crippen LogP) is 7.25. The molecule has 0 atom stereocenters. The number of hydrogen-bond donors (Lipinski definition) is 1. The van der Waals surface area contributed by atoms with Crippen LogP contribution in [0.4, 0.5) is 13.2 Å². The van der Waals surface area contributed by atoms with Crippen molar-refractivity contribution in [2.75, 3.05) is 0 Å². The highest BCUT2D eigenvalue weighted by atomic mass is 35.5. The number of hydrogen-bond acceptors (Lipinski definition) is 4. The maximum absolute atomic E-state index is 12.8. The molecule has 168 valence electrons. The van der Waals surface area contributed by atoms with Gasteiger partial charge in [0.15, 0.2) is 5.82 Å². The highest BCUT2D eigenvalue weighted by Gasteiger charge is 2.32. The number of H-pyrrole nitrogens is 1. The van der Waals surface area contributed by atoms with Gasteiger partial charge in [0, 0.05) is 17.5 Å². The molecule has 1 saturated carbocycles. The van der Waals surface area contributed by atoms with Gasteiger partial charge in [-0.1, -0.05) is 48.7 Å². The first kappa shape index (κ1) is 22.2. The lowest BCUT2D eigenvalue weighted by atomic mass is 9.87. The Hall–Kier alpha value is -3.00. The van der Waals surface area contributed by atoms with Crippen LogP contribution < -0.4 is 4.74 Å². The quantitative estimate of drug-likeness (QED) is 0.346. The standard InChI is InChI=1S/C23H20F3N3O2.ClH/c24-23(25,26)30-20-9-5-4-8-16(20)15-10-11-17-19(12-15)28-22(27-17)21-13-18(29-31-21)14-6-2-1-3-7-14;/h4-5,8-14H,1-3,6-7H2,(H,27,28);1H. The molecule has 0 aliphatic heterocycles. The zero-order valence-electron chi connectivity index (χ0n) is 17.0. The number of halogens is 4. The van der Waals surface area contributed by atoms with Crippen LogP contribution in [0.5, 0.6) is 5.75 Å². The number of nitrogens with zero attached hydrogens (tertiary/aromatic N) is 2. The summed E-state index contributed by atoms with van der Waals surface area (Å²) in [6, 6.07) is 13.2. The molecule has 2 aromatic carbocycles. The molecule has 1 N–H and O–H groups in total. The number of ether oxygens (including phenoxy) is 1. The summed E-state index contributed by atoms with van der Waals surface area (Å²) in [7, 11) is 0. The summed E-state index contributed by atoms with van der Waals surface area (Å²) in [5.41, 5.74) is 3.25. The number of aromatic amines is 1. The first-order valence-corrected chi connectivity index (χ1v) is 10.3. The van der Waals surface area contributed by atoms with Crippen LogP contribution in [0.1, 0.15) is 43.7 Å². The van der Waals surface area contributed by atoms with Gasteiger partial charge >= 0.3 is 6.36 Å². The molecule has 2 heterocycles. The number of para-hydroxylation sites is 1. The maximum atomic E-state index is 12.8. The molecule has 5 rings (SSSR count). The van der Waals surface area contributed by atoms with Crippen molar-refractivity contribution in [1.29, 1.82) is 0 Å². The van der Waals surface area contributed by atoms with E-state index in [4.69, 9.17) is 4.52 Å². The van der Waals surface area contributed by atoms with E-state index in [0.29, 0.717) is 39.7 Å². The second-order valence-corrected chi connectivity index (χ2v) is 7.81. The molecular weight excluding hydrogens is 443 g/mol. The van der Waals surface area contributed by atoms with Gasteiger partial charge in [0.1, 0.15) is 5.75 Å². The summed E-state index contributed by atoms with van der Waals surface area (Å²) in [5.74, 6) is 1.27. The molecule has 0 bridgehead atoms. The van der Waals surface area contributed by atoms with Gasteiger partial charge in [0.25, 0.3) is 0 Å². The van der Waals surface area contributed by atoms with E-state index < -0.39 is 6.36 Å². The fourth-order valence-electron chi connectivity index (χ4n) is 4.20. The molecule has 0 radical (unpaired) electrons. The lowest BCUT2D eigenvalue weighted by molar-refractivity contribution is -0.274. The van der Waals surface area contributed by atoms with Gasteiger partial charge in [-0.3, -0.25) is 0 Å². The van der Waals surface area contributed by atoms with Crippen LogP contribution in [-0.4, -0.2) is 21.5 Å². The van der Waals surface area contributed by atoms with E-state index in [0.717, 1.165) is 18.5 Å². The highest BCUT2D eigenvalue weighted by molar-refractivity contribution is 5.86. The number of fused-ring (bicyclic) bond motifs is 1. The van der Waals surface area contributed by atoms with Crippen molar-refractivity contribution in [3.05, 3.63) is 54.2 Å². The smallest absolute Gasteiger partial charge is 0.405 e. The summed E-state index contributed by atoms with van der Waals surface area (Å²) < 4.78 is 48.0. The zero-order valence-corrected chi connectivity index (χ0v) is 17.8. The van der Waals surface area contributed by atoms with Gasteiger partial charge in [-0.2, -0.15) is 0 Å². The van der Waals surface area contributed by atoms with E-state index in [1.165, 1.54) is 31.4 Å². The molecule has 0 saturated heterocycles. The summed E-state index contributed by atoms with van der Waals surface area (Å²) in [4.78, 5) is 7.76. The third-order valence-corrected chi connectivity index (χ3v) is 5.69. The predicted molar refractivity (Wildman–Crippen MR) is 117 cm³/mol. The first-order valence-electron chi connectivity index (χ1n) is 10.3. The summed E-state index contributed by atoms with van der Waals surface area (Å²) >= 11 is 0. The Labute approximate surface area is 188 Å². The Kier molecular flexibility index (Phi) is 6.15. The molecule has 5 nitrogen and oxygen atoms in total. The largest absolute Gasteiger partial charge is 0.573 e. The summed E-state index contributed by atoms with van der Waals surface area (Å²) in [6.45, 7) is 0. The topological polar surface area (TPSA) is 63.9 Å². The number of aromatic nitrogens is 3. The van der Waals surface area contributed by atoms with Crippen molar-refractivity contribution in [2.45, 2.75) is 44.4 Å². The lowest BCUT2D eigenvalue weighted by Gasteiger charge is -2.18. The fourth-order valence-corrected chi connectivity index (χ4v) is 4.20. The van der Waals surface area contributed by atoms with Gasteiger partial charge in [-0.05, 0) is 36.6 Å². The van der Waals surface area contributed by atoms with E-state index in [2.05, 4.69) is 19.9 Å². The SMILES string of the molecule is Cl.FC(F)(F)Oc1ccccc1-c1ccc2nc(-c3cc(C4CCCCC4)no3)[nH]c2c1. The number of benzene rings is 2. The molecular formula is C23H21ClF3N3O2. The average Bonchev–Trinajstić information content (AvgIpc) is 3.40. The van der Waals surface area contributed by atoms with Crippen LogP contribution in [0, 0.1) is 0 Å². The molecule has 1 fully saturated rings.